The van der Waals surface area contributed by atoms with E-state index >= 15 is 0 Å². The van der Waals surface area contributed by atoms with E-state index in [-0.39, 0.29) is 6.61 Å². The van der Waals surface area contributed by atoms with Crippen LogP contribution < -0.4 is 0 Å². The minimum atomic E-state index is -0.0170. The van der Waals surface area contributed by atoms with Gasteiger partial charge in [-0.15, -0.1) is 5.10 Å². The van der Waals surface area contributed by atoms with Crippen molar-refractivity contribution in [2.24, 2.45) is 0 Å². The van der Waals surface area contributed by atoms with Gasteiger partial charge in [0, 0.05) is 6.54 Å². The van der Waals surface area contributed by atoms with Gasteiger partial charge in [0.05, 0.1) is 12.3 Å². The first kappa shape index (κ1) is 12.1. The fourth-order valence-electron chi connectivity index (χ4n) is 1.59. The largest absolute Gasteiger partial charge is 0.390 e. The van der Waals surface area contributed by atoms with Crippen molar-refractivity contribution >= 4 is 0 Å². The molecule has 1 rings (SSSR count). The second-order valence-electron chi connectivity index (χ2n) is 3.87. The number of nitrogens with zero attached hydrogens (tertiary/aromatic N) is 4. The van der Waals surface area contributed by atoms with Crippen molar-refractivity contribution in [3.8, 4) is 0 Å². The Morgan fingerprint density at radius 2 is 2.13 bits per heavy atom. The molecule has 0 bridgehead atoms. The smallest absolute Gasteiger partial charge is 0.111 e. The topological polar surface area (TPSA) is 54.2 Å². The van der Waals surface area contributed by atoms with Crippen molar-refractivity contribution in [1.29, 1.82) is 0 Å². The summed E-state index contributed by atoms with van der Waals surface area (Å²) in [5.74, 6) is 0. The molecule has 0 amide bonds. The summed E-state index contributed by atoms with van der Waals surface area (Å²) in [4.78, 5) is 2.15. The first-order valence-corrected chi connectivity index (χ1v) is 5.35. The van der Waals surface area contributed by atoms with Crippen LogP contribution in [-0.4, -0.2) is 45.6 Å². The van der Waals surface area contributed by atoms with Gasteiger partial charge in [0.2, 0.25) is 0 Å². The molecule has 0 atom stereocenters. The molecule has 0 radical (unpaired) electrons. The zero-order valence-electron chi connectivity index (χ0n) is 9.77. The van der Waals surface area contributed by atoms with E-state index in [2.05, 4.69) is 36.2 Å². The molecule has 0 saturated carbocycles. The molecule has 15 heavy (non-hydrogen) atoms. The third-order valence-corrected chi connectivity index (χ3v) is 2.38. The third-order valence-electron chi connectivity index (χ3n) is 2.38. The second-order valence-corrected chi connectivity index (χ2v) is 3.87. The molecule has 5 nitrogen and oxygen atoms in total. The number of aromatic nitrogens is 3. The Morgan fingerprint density at radius 3 is 2.67 bits per heavy atom. The molecule has 1 aromatic heterocycles. The number of hydrogen-bond donors (Lipinski definition) is 1. The molecular weight excluding hydrogens is 192 g/mol. The van der Waals surface area contributed by atoms with Crippen LogP contribution in [0, 0.1) is 0 Å². The van der Waals surface area contributed by atoms with Gasteiger partial charge in [-0.25, -0.2) is 4.68 Å². The zero-order valence-corrected chi connectivity index (χ0v) is 9.77. The van der Waals surface area contributed by atoms with Crippen LogP contribution in [0.25, 0.3) is 0 Å². The Kier molecular flexibility index (Phi) is 4.71. The van der Waals surface area contributed by atoms with Crippen molar-refractivity contribution in [1.82, 2.24) is 19.9 Å². The zero-order chi connectivity index (χ0) is 11.3. The molecule has 0 aromatic carbocycles. The summed E-state index contributed by atoms with van der Waals surface area (Å²) >= 11 is 0. The third kappa shape index (κ3) is 3.28. The van der Waals surface area contributed by atoms with E-state index in [4.69, 9.17) is 5.11 Å². The maximum Gasteiger partial charge on any atom is 0.111 e. The first-order valence-electron chi connectivity index (χ1n) is 5.35. The number of aryl methyl sites for hydroxylation is 1. The van der Waals surface area contributed by atoms with Crippen LogP contribution in [0.3, 0.4) is 0 Å². The number of aliphatic hydroxyl groups excluding tert-OH is 1. The highest BCUT2D eigenvalue weighted by molar-refractivity contribution is 5.08. The van der Waals surface area contributed by atoms with E-state index in [0.717, 1.165) is 31.6 Å². The normalized spacial score (nSPS) is 11.3. The summed E-state index contributed by atoms with van der Waals surface area (Å²) in [6.45, 7) is 3.95. The lowest BCUT2D eigenvalue weighted by Gasteiger charge is -2.10. The Hall–Kier alpha value is -0.940. The summed E-state index contributed by atoms with van der Waals surface area (Å²) in [6.07, 6.45) is 1.92. The van der Waals surface area contributed by atoms with Crippen LogP contribution in [0.1, 0.15) is 24.7 Å². The second kappa shape index (κ2) is 5.82. The minimum Gasteiger partial charge on any atom is -0.390 e. The quantitative estimate of drug-likeness (QED) is 0.736. The van der Waals surface area contributed by atoms with E-state index in [9.17, 15) is 0 Å². The molecule has 1 aromatic rings. The average molecular weight is 212 g/mol. The predicted octanol–water partition coefficient (Wildman–Crippen LogP) is 0.284. The molecule has 0 aliphatic heterocycles. The van der Waals surface area contributed by atoms with E-state index in [0.29, 0.717) is 5.69 Å². The number of aliphatic hydroxyl groups is 1. The summed E-state index contributed by atoms with van der Waals surface area (Å²) < 4.78 is 1.90. The van der Waals surface area contributed by atoms with Gasteiger partial charge < -0.3 is 10.0 Å². The van der Waals surface area contributed by atoms with Crippen LogP contribution in [0.2, 0.25) is 0 Å². The molecule has 0 fully saturated rings. The Morgan fingerprint density at radius 1 is 1.40 bits per heavy atom. The van der Waals surface area contributed by atoms with Crippen molar-refractivity contribution in [3.05, 3.63) is 11.4 Å². The van der Waals surface area contributed by atoms with Crippen molar-refractivity contribution < 1.29 is 5.11 Å². The molecule has 0 aliphatic carbocycles. The molecule has 0 aliphatic rings. The van der Waals surface area contributed by atoms with Gasteiger partial charge in [0.25, 0.3) is 0 Å². The van der Waals surface area contributed by atoms with Gasteiger partial charge in [-0.2, -0.15) is 0 Å². The predicted molar refractivity (Wildman–Crippen MR) is 58.5 cm³/mol. The summed E-state index contributed by atoms with van der Waals surface area (Å²) in [5, 5.41) is 17.0. The molecule has 0 saturated heterocycles. The molecule has 0 spiro atoms. The van der Waals surface area contributed by atoms with E-state index in [1.807, 2.05) is 4.68 Å². The SMILES string of the molecule is CCc1c(CO)nnn1CCCN(C)C. The van der Waals surface area contributed by atoms with Crippen molar-refractivity contribution in [3.63, 3.8) is 0 Å². The number of rotatable bonds is 6. The molecule has 0 unspecified atom stereocenters. The van der Waals surface area contributed by atoms with Gasteiger partial charge in [-0.3, -0.25) is 0 Å². The monoisotopic (exact) mass is 212 g/mol. The average Bonchev–Trinajstić information content (AvgIpc) is 2.59. The van der Waals surface area contributed by atoms with Gasteiger partial charge in [-0.1, -0.05) is 12.1 Å². The van der Waals surface area contributed by atoms with Gasteiger partial charge >= 0.3 is 0 Å². The lowest BCUT2D eigenvalue weighted by Crippen LogP contribution is -2.16. The molecular formula is C10H20N4O. The maximum atomic E-state index is 9.05. The van der Waals surface area contributed by atoms with Crippen LogP contribution >= 0.6 is 0 Å². The Labute approximate surface area is 90.7 Å². The van der Waals surface area contributed by atoms with Crippen molar-refractivity contribution in [2.75, 3.05) is 20.6 Å². The van der Waals surface area contributed by atoms with E-state index in [1.54, 1.807) is 0 Å². The standard InChI is InChI=1S/C10H20N4O/c1-4-10-9(8-15)11-12-14(10)7-5-6-13(2)3/h15H,4-8H2,1-3H3. The molecule has 1 N–H and O–H groups in total. The van der Waals surface area contributed by atoms with E-state index < -0.39 is 0 Å². The van der Waals surface area contributed by atoms with E-state index in [1.165, 1.54) is 0 Å². The van der Waals surface area contributed by atoms with Crippen molar-refractivity contribution in [2.45, 2.75) is 32.9 Å². The maximum absolute atomic E-state index is 9.05. The fourth-order valence-corrected chi connectivity index (χ4v) is 1.59. The lowest BCUT2D eigenvalue weighted by molar-refractivity contribution is 0.275. The number of hydrogen-bond acceptors (Lipinski definition) is 4. The summed E-state index contributed by atoms with van der Waals surface area (Å²) in [5.41, 5.74) is 1.76. The molecule has 5 heteroatoms. The molecule has 1 heterocycles. The Balaban J connectivity index is 2.56. The Bertz CT molecular complexity index is 296. The summed E-state index contributed by atoms with van der Waals surface area (Å²) in [6, 6.07) is 0. The van der Waals surface area contributed by atoms with Gasteiger partial charge in [-0.05, 0) is 33.5 Å². The highest BCUT2D eigenvalue weighted by Crippen LogP contribution is 2.06. The highest BCUT2D eigenvalue weighted by Gasteiger charge is 2.09. The molecule has 86 valence electrons. The van der Waals surface area contributed by atoms with Crippen LogP contribution in [-0.2, 0) is 19.6 Å². The van der Waals surface area contributed by atoms with Crippen LogP contribution in [0.5, 0.6) is 0 Å². The highest BCUT2D eigenvalue weighted by atomic mass is 16.3. The fraction of sp³-hybridized carbons (Fsp3) is 0.800. The van der Waals surface area contributed by atoms with Crippen LogP contribution in [0.4, 0.5) is 0 Å². The minimum absolute atomic E-state index is 0.0170. The van der Waals surface area contributed by atoms with Gasteiger partial charge in [0.1, 0.15) is 5.69 Å². The first-order chi connectivity index (χ1) is 7.19. The van der Waals surface area contributed by atoms with Gasteiger partial charge in [0.15, 0.2) is 0 Å². The lowest BCUT2D eigenvalue weighted by atomic mass is 10.2. The summed E-state index contributed by atoms with van der Waals surface area (Å²) in [7, 11) is 4.11. The van der Waals surface area contributed by atoms with Crippen LogP contribution in [0.15, 0.2) is 0 Å².